The molecule has 260 valence electrons. The van der Waals surface area contributed by atoms with E-state index in [4.69, 9.17) is 14.2 Å². The number of esters is 1. The molecule has 3 aliphatic heterocycles. The van der Waals surface area contributed by atoms with Crippen LogP contribution in [0.5, 0.6) is 0 Å². The van der Waals surface area contributed by atoms with Crippen LogP contribution in [-0.2, 0) is 19.0 Å². The summed E-state index contributed by atoms with van der Waals surface area (Å²) in [7, 11) is 0. The molecule has 3 heterocycles. The van der Waals surface area contributed by atoms with E-state index in [0.29, 0.717) is 19.4 Å². The van der Waals surface area contributed by atoms with Crippen molar-refractivity contribution in [1.29, 1.82) is 0 Å². The molecule has 10 nitrogen and oxygen atoms in total. The number of likely N-dealkylation sites (tertiary alicyclic amines) is 1. The van der Waals surface area contributed by atoms with Gasteiger partial charge in [0.05, 0.1) is 25.8 Å². The summed E-state index contributed by atoms with van der Waals surface area (Å²) in [5, 5.41) is 9.44. The van der Waals surface area contributed by atoms with E-state index < -0.39 is 37.1 Å². The van der Waals surface area contributed by atoms with E-state index in [0.717, 1.165) is 31.3 Å². The van der Waals surface area contributed by atoms with Crippen LogP contribution in [0.2, 0.25) is 0 Å². The molecular weight excluding hydrogens is 607 g/mol. The summed E-state index contributed by atoms with van der Waals surface area (Å²) < 4.78 is 55.3. The highest BCUT2D eigenvalue weighted by atomic mass is 19.4. The first-order valence-corrected chi connectivity index (χ1v) is 16.4. The number of hydrogen-bond donors (Lipinski definition) is 1. The molecule has 3 rings (SSSR count). The van der Waals surface area contributed by atoms with Gasteiger partial charge in [0.2, 0.25) is 0 Å². The normalized spacial score (nSPS) is 27.5. The number of amides is 2. The second-order valence-electron chi connectivity index (χ2n) is 12.6. The van der Waals surface area contributed by atoms with Gasteiger partial charge in [-0.2, -0.15) is 13.2 Å². The molecule has 46 heavy (non-hydrogen) atoms. The molecule has 0 saturated carbocycles. The number of piperazine rings is 1. The Labute approximate surface area is 270 Å². The van der Waals surface area contributed by atoms with E-state index in [1.807, 2.05) is 51.2 Å². The van der Waals surface area contributed by atoms with Crippen LogP contribution in [0.4, 0.5) is 22.8 Å². The molecule has 1 N–H and O–H groups in total. The van der Waals surface area contributed by atoms with Gasteiger partial charge in [-0.25, -0.2) is 9.59 Å². The van der Waals surface area contributed by atoms with Crippen LogP contribution in [0.25, 0.3) is 0 Å². The van der Waals surface area contributed by atoms with Crippen LogP contribution < -0.4 is 0 Å². The smallest absolute Gasteiger partial charge is 0.410 e. The summed E-state index contributed by atoms with van der Waals surface area (Å²) in [6, 6.07) is -0.188. The molecule has 13 heteroatoms. The highest BCUT2D eigenvalue weighted by molar-refractivity contribution is 5.70. The van der Waals surface area contributed by atoms with Crippen LogP contribution in [0.15, 0.2) is 36.0 Å². The zero-order valence-electron chi connectivity index (χ0n) is 27.3. The summed E-state index contributed by atoms with van der Waals surface area (Å²) in [6.45, 7) is 6.02. The van der Waals surface area contributed by atoms with E-state index >= 15 is 0 Å². The molecule has 0 aromatic carbocycles. The highest BCUT2D eigenvalue weighted by Gasteiger charge is 2.34. The number of cyclic esters (lactones) is 1. The number of carbonyl (C=O) groups excluding carboxylic acids is 3. The summed E-state index contributed by atoms with van der Waals surface area (Å²) in [6.07, 6.45) is 7.60. The first-order valence-electron chi connectivity index (χ1n) is 16.4. The van der Waals surface area contributed by atoms with Crippen LogP contribution >= 0.6 is 0 Å². The molecule has 2 fully saturated rings. The van der Waals surface area contributed by atoms with Crippen LogP contribution in [0, 0.1) is 11.8 Å². The summed E-state index contributed by atoms with van der Waals surface area (Å²) >= 11 is 0. The first-order chi connectivity index (χ1) is 21.9. The quantitative estimate of drug-likeness (QED) is 0.159. The number of alkyl halides is 3. The number of hydrogen-bond acceptors (Lipinski definition) is 8. The van der Waals surface area contributed by atoms with Crippen molar-refractivity contribution in [2.45, 2.75) is 90.1 Å². The van der Waals surface area contributed by atoms with Gasteiger partial charge >= 0.3 is 24.3 Å². The van der Waals surface area contributed by atoms with Gasteiger partial charge in [0.1, 0.15) is 12.2 Å². The summed E-state index contributed by atoms with van der Waals surface area (Å²) in [4.78, 5) is 42.2. The summed E-state index contributed by atoms with van der Waals surface area (Å²) in [5.74, 6) is -0.584. The molecular formula is C33H50F3N3O7. The number of aliphatic hydroxyl groups excluding tert-OH is 1. The SMILES string of the molecule is C/C(=C\C=C\[C@@H](C)COC(=O)N1CCC[C@H]1CO)[C@H]1OC(=O)CCCCC[C@@H](OC(=O)N2CCN(CC(F)(F)F)CC2)/C=C\[C@@H]1C. The minimum absolute atomic E-state index is 0.0672. The zero-order valence-corrected chi connectivity index (χ0v) is 27.3. The Kier molecular flexibility index (Phi) is 14.9. The molecule has 0 aromatic heterocycles. The van der Waals surface area contributed by atoms with Gasteiger partial charge in [0, 0.05) is 51.0 Å². The third kappa shape index (κ3) is 12.6. The predicted octanol–water partition coefficient (Wildman–Crippen LogP) is 5.47. The fraction of sp³-hybridized carbons (Fsp3) is 0.727. The lowest BCUT2D eigenvalue weighted by Gasteiger charge is -2.35. The molecule has 2 saturated heterocycles. The van der Waals surface area contributed by atoms with Crippen molar-refractivity contribution in [2.75, 3.05) is 52.5 Å². The van der Waals surface area contributed by atoms with E-state index in [-0.39, 0.29) is 69.7 Å². The fourth-order valence-electron chi connectivity index (χ4n) is 5.85. The Morgan fingerprint density at radius 1 is 1.07 bits per heavy atom. The van der Waals surface area contributed by atoms with Gasteiger partial charge in [-0.3, -0.25) is 9.69 Å². The van der Waals surface area contributed by atoms with Gasteiger partial charge in [-0.15, -0.1) is 0 Å². The summed E-state index contributed by atoms with van der Waals surface area (Å²) in [5.41, 5.74) is 0.816. The molecule has 5 atom stereocenters. The van der Waals surface area contributed by atoms with Crippen molar-refractivity contribution in [3.8, 4) is 0 Å². The molecule has 0 radical (unpaired) electrons. The fourth-order valence-corrected chi connectivity index (χ4v) is 5.85. The first kappa shape index (κ1) is 37.4. The lowest BCUT2D eigenvalue weighted by molar-refractivity contribution is -0.149. The third-order valence-corrected chi connectivity index (χ3v) is 8.56. The lowest BCUT2D eigenvalue weighted by Crippen LogP contribution is -2.51. The minimum atomic E-state index is -4.28. The Morgan fingerprint density at radius 3 is 2.50 bits per heavy atom. The molecule has 0 aliphatic carbocycles. The molecule has 3 aliphatic rings. The van der Waals surface area contributed by atoms with Gasteiger partial charge in [-0.1, -0.05) is 44.6 Å². The molecule has 2 amide bonds. The molecule has 0 unspecified atom stereocenters. The van der Waals surface area contributed by atoms with Crippen molar-refractivity contribution >= 4 is 18.2 Å². The third-order valence-electron chi connectivity index (χ3n) is 8.56. The number of halogens is 3. The maximum Gasteiger partial charge on any atom is 0.410 e. The number of carbonyl (C=O) groups is 3. The van der Waals surface area contributed by atoms with Crippen molar-refractivity contribution < 1.29 is 46.9 Å². The Balaban J connectivity index is 1.57. The zero-order chi connectivity index (χ0) is 33.7. The minimum Gasteiger partial charge on any atom is -0.457 e. The van der Waals surface area contributed by atoms with Crippen molar-refractivity contribution in [3.05, 3.63) is 36.0 Å². The van der Waals surface area contributed by atoms with Crippen molar-refractivity contribution in [3.63, 3.8) is 0 Å². The largest absolute Gasteiger partial charge is 0.457 e. The Morgan fingerprint density at radius 2 is 1.80 bits per heavy atom. The number of ether oxygens (including phenoxy) is 3. The van der Waals surface area contributed by atoms with Crippen molar-refractivity contribution in [1.82, 2.24) is 14.7 Å². The van der Waals surface area contributed by atoms with Crippen molar-refractivity contribution in [2.24, 2.45) is 11.8 Å². The second-order valence-corrected chi connectivity index (χ2v) is 12.6. The van der Waals surface area contributed by atoms with E-state index in [1.54, 1.807) is 4.90 Å². The van der Waals surface area contributed by atoms with E-state index in [2.05, 4.69) is 0 Å². The van der Waals surface area contributed by atoms with Crippen LogP contribution in [0.1, 0.15) is 65.7 Å². The van der Waals surface area contributed by atoms with E-state index in [1.165, 1.54) is 9.80 Å². The average molecular weight is 658 g/mol. The van der Waals surface area contributed by atoms with Crippen LogP contribution in [0.3, 0.4) is 0 Å². The van der Waals surface area contributed by atoms with Gasteiger partial charge in [0.25, 0.3) is 0 Å². The molecule has 0 spiro atoms. The van der Waals surface area contributed by atoms with E-state index in [9.17, 15) is 32.7 Å². The Hall–Kier alpha value is -3.06. The molecule has 0 aromatic rings. The number of aliphatic hydroxyl groups is 1. The second kappa shape index (κ2) is 18.3. The maximum absolute atomic E-state index is 12.9. The highest BCUT2D eigenvalue weighted by Crippen LogP contribution is 2.23. The number of rotatable bonds is 8. The lowest BCUT2D eigenvalue weighted by atomic mass is 9.95. The number of allylic oxidation sites excluding steroid dienone is 2. The topological polar surface area (TPSA) is 109 Å². The molecule has 0 bridgehead atoms. The maximum atomic E-state index is 12.9. The van der Waals surface area contributed by atoms with Crippen LogP contribution in [-0.4, -0.2) is 115 Å². The predicted molar refractivity (Wildman–Crippen MR) is 166 cm³/mol. The van der Waals surface area contributed by atoms with Gasteiger partial charge in [-0.05, 0) is 50.7 Å². The monoisotopic (exact) mass is 657 g/mol. The Bertz CT molecular complexity index is 1090. The standard InChI is InChI=1S/C33H50F3N3O7/c1-24(22-44-32(43)39-16-8-11-27(39)21-40)9-7-10-25(2)30-26(3)14-15-28(12-5-4-6-13-29(41)46-30)45-31(42)38-19-17-37(18-20-38)23-33(34,35)36/h7,9-10,14-15,24,26-28,30,40H,4-6,8,11-13,16-23H2,1-3H3/b9-7+,15-14-,25-10+/t24-,26+,27+,28-,30-/m1/s1. The number of nitrogens with zero attached hydrogens (tertiary/aromatic N) is 3. The van der Waals surface area contributed by atoms with Gasteiger partial charge < -0.3 is 29.1 Å². The van der Waals surface area contributed by atoms with Gasteiger partial charge in [0.15, 0.2) is 0 Å². The average Bonchev–Trinajstić information content (AvgIpc) is 3.49.